The molecule has 0 bridgehead atoms. The van der Waals surface area contributed by atoms with Crippen LogP contribution in [-0.4, -0.2) is 0 Å². The number of allylic oxidation sites excluding steroid dienone is 12. The fourth-order valence-electron chi connectivity index (χ4n) is 9.31. The summed E-state index contributed by atoms with van der Waals surface area (Å²) >= 11 is 0. The number of benzene rings is 3. The lowest BCUT2D eigenvalue weighted by Crippen LogP contribution is -2.33. The SMILES string of the molecule is CC1=CC=C(N(C2=C3C=Cc4c(C(C)C)cc(N(C5=CC(C)C=C5)c5cc(C)ccc5C)c5c4C3C(C=C5)C(C(C)C)=C2)c2cc(C)ccc2C)CC1. The lowest BCUT2D eigenvalue weighted by atomic mass is 9.62. The van der Waals surface area contributed by atoms with Gasteiger partial charge in [-0.05, 0) is 146 Å². The van der Waals surface area contributed by atoms with Gasteiger partial charge in [-0.3, -0.25) is 0 Å². The van der Waals surface area contributed by atoms with Gasteiger partial charge in [0.05, 0.1) is 5.69 Å². The molecule has 3 unspecified atom stereocenters. The summed E-state index contributed by atoms with van der Waals surface area (Å²) in [6.07, 6.45) is 26.5. The van der Waals surface area contributed by atoms with Crippen LogP contribution in [0.5, 0.6) is 0 Å². The highest BCUT2D eigenvalue weighted by atomic mass is 15.2. The summed E-state index contributed by atoms with van der Waals surface area (Å²) in [6.45, 7) is 23.1. The first-order chi connectivity index (χ1) is 25.4. The van der Waals surface area contributed by atoms with Gasteiger partial charge in [-0.2, -0.15) is 0 Å². The molecule has 0 radical (unpaired) electrons. The zero-order valence-corrected chi connectivity index (χ0v) is 33.5. The van der Waals surface area contributed by atoms with E-state index in [0.29, 0.717) is 23.7 Å². The Balaban J connectivity index is 1.43. The van der Waals surface area contributed by atoms with Crippen molar-refractivity contribution in [2.45, 2.75) is 93.9 Å². The van der Waals surface area contributed by atoms with Gasteiger partial charge in [0.1, 0.15) is 0 Å². The van der Waals surface area contributed by atoms with Crippen LogP contribution in [0.25, 0.3) is 12.2 Å². The Morgan fingerprint density at radius 3 is 1.96 bits per heavy atom. The van der Waals surface area contributed by atoms with E-state index in [0.717, 1.165) is 12.8 Å². The third-order valence-electron chi connectivity index (χ3n) is 12.2. The fourth-order valence-corrected chi connectivity index (χ4v) is 9.31. The van der Waals surface area contributed by atoms with Crippen LogP contribution in [0.15, 0.2) is 125 Å². The molecule has 8 rings (SSSR count). The first-order valence-electron chi connectivity index (χ1n) is 19.9. The molecule has 0 amide bonds. The van der Waals surface area contributed by atoms with Gasteiger partial charge in [0, 0.05) is 45.9 Å². The van der Waals surface area contributed by atoms with Crippen molar-refractivity contribution in [3.8, 4) is 0 Å². The first kappa shape index (κ1) is 35.2. The lowest BCUT2D eigenvalue weighted by Gasteiger charge is -2.45. The predicted octanol–water partition coefficient (Wildman–Crippen LogP) is 14.0. The number of hydrogen-bond donors (Lipinski definition) is 0. The Kier molecular flexibility index (Phi) is 9.00. The van der Waals surface area contributed by atoms with Gasteiger partial charge in [0.15, 0.2) is 0 Å². The molecule has 5 aliphatic carbocycles. The smallest absolute Gasteiger partial charge is 0.0540 e. The largest absolute Gasteiger partial charge is 0.314 e. The van der Waals surface area contributed by atoms with Crippen molar-refractivity contribution in [1.82, 2.24) is 0 Å². The summed E-state index contributed by atoms with van der Waals surface area (Å²) in [5.74, 6) is 1.72. The summed E-state index contributed by atoms with van der Waals surface area (Å²) in [6, 6.07) is 16.4. The second-order valence-electron chi connectivity index (χ2n) is 16.9. The van der Waals surface area contributed by atoms with Gasteiger partial charge < -0.3 is 9.80 Å². The van der Waals surface area contributed by atoms with Gasteiger partial charge in [0.2, 0.25) is 0 Å². The zero-order valence-electron chi connectivity index (χ0n) is 33.5. The third kappa shape index (κ3) is 6.05. The van der Waals surface area contributed by atoms with Crippen LogP contribution in [0.1, 0.15) is 111 Å². The van der Waals surface area contributed by atoms with E-state index in [1.807, 2.05) is 0 Å². The highest BCUT2D eigenvalue weighted by Crippen LogP contribution is 2.57. The number of rotatable bonds is 8. The van der Waals surface area contributed by atoms with Crippen molar-refractivity contribution < 1.29 is 0 Å². The number of anilines is 3. The molecule has 0 heterocycles. The Morgan fingerprint density at radius 2 is 1.36 bits per heavy atom. The van der Waals surface area contributed by atoms with Gasteiger partial charge in [-0.15, -0.1) is 0 Å². The van der Waals surface area contributed by atoms with Gasteiger partial charge in [0.25, 0.3) is 0 Å². The summed E-state index contributed by atoms with van der Waals surface area (Å²) in [4.78, 5) is 5.21. The Hall–Kier alpha value is -4.82. The van der Waals surface area contributed by atoms with Crippen LogP contribution in [0.2, 0.25) is 0 Å². The van der Waals surface area contributed by atoms with E-state index in [-0.39, 0.29) is 5.92 Å². The summed E-state index contributed by atoms with van der Waals surface area (Å²) < 4.78 is 0. The maximum atomic E-state index is 2.64. The van der Waals surface area contributed by atoms with Crippen molar-refractivity contribution in [2.75, 3.05) is 9.80 Å². The molecule has 0 fully saturated rings. The maximum Gasteiger partial charge on any atom is 0.0540 e. The molecule has 270 valence electrons. The van der Waals surface area contributed by atoms with Gasteiger partial charge in [-0.1, -0.05) is 113 Å². The Bertz CT molecular complexity index is 2270. The molecule has 53 heavy (non-hydrogen) atoms. The molecule has 0 aliphatic heterocycles. The monoisotopic (exact) mass is 696 g/mol. The molecule has 5 aliphatic rings. The number of nitrogens with zero attached hydrogens (tertiary/aromatic N) is 2. The van der Waals surface area contributed by atoms with Crippen LogP contribution in [0, 0.1) is 45.4 Å². The molecule has 0 spiro atoms. The van der Waals surface area contributed by atoms with Crippen LogP contribution < -0.4 is 9.80 Å². The number of aryl methyl sites for hydroxylation is 4. The molecule has 0 saturated heterocycles. The van der Waals surface area contributed by atoms with Crippen LogP contribution >= 0.6 is 0 Å². The molecule has 0 aromatic heterocycles. The average Bonchev–Trinajstić information content (AvgIpc) is 3.56. The minimum Gasteiger partial charge on any atom is -0.314 e. The molecule has 2 heteroatoms. The fraction of sp³-hybridized carbons (Fsp3) is 0.333. The van der Waals surface area contributed by atoms with Gasteiger partial charge >= 0.3 is 0 Å². The highest BCUT2D eigenvalue weighted by Gasteiger charge is 2.42. The molecular formula is C51H56N2. The maximum absolute atomic E-state index is 2.64. The van der Waals surface area contributed by atoms with Crippen LogP contribution in [-0.2, 0) is 0 Å². The Labute approximate surface area is 319 Å². The summed E-state index contributed by atoms with van der Waals surface area (Å²) in [5, 5.41) is 0. The van der Waals surface area contributed by atoms with E-state index in [2.05, 4.69) is 182 Å². The minimum atomic E-state index is 0.228. The van der Waals surface area contributed by atoms with E-state index < -0.39 is 0 Å². The molecule has 3 aromatic carbocycles. The van der Waals surface area contributed by atoms with Crippen molar-refractivity contribution in [2.24, 2.45) is 17.8 Å². The highest BCUT2D eigenvalue weighted by molar-refractivity contribution is 5.89. The molecule has 0 saturated carbocycles. The Morgan fingerprint density at radius 1 is 0.660 bits per heavy atom. The summed E-state index contributed by atoms with van der Waals surface area (Å²) in [7, 11) is 0. The molecule has 3 atom stereocenters. The van der Waals surface area contributed by atoms with Crippen LogP contribution in [0.3, 0.4) is 0 Å². The molecular weight excluding hydrogens is 641 g/mol. The van der Waals surface area contributed by atoms with Gasteiger partial charge in [-0.25, -0.2) is 0 Å². The van der Waals surface area contributed by atoms with Crippen molar-refractivity contribution in [3.05, 3.63) is 169 Å². The minimum absolute atomic E-state index is 0.228. The van der Waals surface area contributed by atoms with Crippen molar-refractivity contribution >= 4 is 29.2 Å². The van der Waals surface area contributed by atoms with Crippen molar-refractivity contribution in [3.63, 3.8) is 0 Å². The van der Waals surface area contributed by atoms with E-state index >= 15 is 0 Å². The zero-order chi connectivity index (χ0) is 37.3. The number of hydrogen-bond acceptors (Lipinski definition) is 2. The van der Waals surface area contributed by atoms with E-state index in [1.165, 1.54) is 95.4 Å². The molecule has 2 nitrogen and oxygen atoms in total. The lowest BCUT2D eigenvalue weighted by molar-refractivity contribution is 0.550. The van der Waals surface area contributed by atoms with Crippen molar-refractivity contribution in [1.29, 1.82) is 0 Å². The predicted molar refractivity (Wildman–Crippen MR) is 229 cm³/mol. The average molecular weight is 697 g/mol. The molecule has 3 aromatic rings. The van der Waals surface area contributed by atoms with E-state index in [9.17, 15) is 0 Å². The van der Waals surface area contributed by atoms with E-state index in [4.69, 9.17) is 0 Å². The quantitative estimate of drug-likeness (QED) is 0.231. The standard InChI is InChI=1S/C51H56N2/c1-30(2)44-28-48(52(38-18-13-32(5)14-19-38)46-26-34(7)11-16-36(46)9)42-23-21-41-45(31(3)4)29-49(43-24-22-40(44)50(42)51(41)43)53(39-20-15-33(6)25-39)47-27-35(8)12-17-37(47)10/h11-13,15-18,20-31,33,40,50H,14,19H2,1-10H3. The van der Waals surface area contributed by atoms with Crippen LogP contribution in [0.4, 0.5) is 17.1 Å². The molecule has 0 N–H and O–H groups in total. The van der Waals surface area contributed by atoms with E-state index in [1.54, 1.807) is 0 Å². The normalized spacial score (nSPS) is 21.2. The first-order valence-corrected chi connectivity index (χ1v) is 19.9. The summed E-state index contributed by atoms with van der Waals surface area (Å²) in [5.41, 5.74) is 23.1. The second kappa shape index (κ2) is 13.5. The second-order valence-corrected chi connectivity index (χ2v) is 16.9. The third-order valence-corrected chi connectivity index (χ3v) is 12.2. The topological polar surface area (TPSA) is 6.48 Å².